The maximum Gasteiger partial charge on any atom is 0.289 e. The van der Waals surface area contributed by atoms with Crippen LogP contribution in [0.5, 0.6) is 0 Å². The minimum absolute atomic E-state index is 0.0925. The average molecular weight is 346 g/mol. The highest BCUT2D eigenvalue weighted by atomic mass is 35.5. The molecule has 2 rings (SSSR count). The molecule has 22 heavy (non-hydrogen) atoms. The molecular formula is C11H12ClN5O4S. The maximum absolute atomic E-state index is 12.3. The molecule has 1 atom stereocenters. The molecule has 0 aliphatic rings. The second-order valence-electron chi connectivity index (χ2n) is 4.51. The summed E-state index contributed by atoms with van der Waals surface area (Å²) < 4.78 is 28.5. The van der Waals surface area contributed by atoms with Crippen LogP contribution >= 0.6 is 11.6 Å². The van der Waals surface area contributed by atoms with Crippen molar-refractivity contribution in [3.8, 4) is 0 Å². The fourth-order valence-electron chi connectivity index (χ4n) is 1.83. The van der Waals surface area contributed by atoms with E-state index in [4.69, 9.17) is 11.6 Å². The normalized spacial score (nSPS) is 13.0. The largest absolute Gasteiger partial charge is 0.289 e. The van der Waals surface area contributed by atoms with Gasteiger partial charge in [0.1, 0.15) is 12.7 Å². The van der Waals surface area contributed by atoms with Gasteiger partial charge in [0.05, 0.1) is 11.5 Å². The van der Waals surface area contributed by atoms with Crippen molar-refractivity contribution in [1.82, 2.24) is 19.5 Å². The van der Waals surface area contributed by atoms with Crippen LogP contribution in [0.2, 0.25) is 5.02 Å². The summed E-state index contributed by atoms with van der Waals surface area (Å²) in [5.41, 5.74) is -0.537. The van der Waals surface area contributed by atoms with Crippen molar-refractivity contribution in [1.29, 1.82) is 0 Å². The summed E-state index contributed by atoms with van der Waals surface area (Å²) in [5, 5.41) is 14.9. The molecule has 1 N–H and O–H groups in total. The highest BCUT2D eigenvalue weighted by Crippen LogP contribution is 2.27. The molecule has 0 aliphatic carbocycles. The number of sulfonamides is 1. The Morgan fingerprint density at radius 3 is 2.82 bits per heavy atom. The summed E-state index contributed by atoms with van der Waals surface area (Å²) >= 11 is 5.74. The van der Waals surface area contributed by atoms with Gasteiger partial charge >= 0.3 is 0 Å². The zero-order valence-electron chi connectivity index (χ0n) is 11.4. The molecular weight excluding hydrogens is 334 g/mol. The van der Waals surface area contributed by atoms with Crippen molar-refractivity contribution < 1.29 is 13.3 Å². The van der Waals surface area contributed by atoms with Crippen LogP contribution in [-0.4, -0.2) is 34.1 Å². The van der Waals surface area contributed by atoms with Gasteiger partial charge in [0, 0.05) is 17.1 Å². The third-order valence-corrected chi connectivity index (χ3v) is 4.55. The SMILES string of the molecule is C[C@@H](Cn1cncn1)NS(=O)(=O)c1cc(Cl)ccc1[N+](=O)[O-]. The van der Waals surface area contributed by atoms with Crippen LogP contribution in [0.4, 0.5) is 5.69 Å². The zero-order chi connectivity index (χ0) is 16.3. The molecule has 118 valence electrons. The molecule has 9 nitrogen and oxygen atoms in total. The van der Waals surface area contributed by atoms with Crippen LogP contribution in [0.25, 0.3) is 0 Å². The Balaban J connectivity index is 2.26. The molecule has 0 aliphatic heterocycles. The van der Waals surface area contributed by atoms with Crippen LogP contribution in [-0.2, 0) is 16.6 Å². The number of hydrogen-bond acceptors (Lipinski definition) is 6. The third kappa shape index (κ3) is 3.78. The van der Waals surface area contributed by atoms with Crippen molar-refractivity contribution in [2.24, 2.45) is 0 Å². The predicted molar refractivity (Wildman–Crippen MR) is 77.9 cm³/mol. The molecule has 1 aromatic carbocycles. The van der Waals surface area contributed by atoms with Gasteiger partial charge in [0.15, 0.2) is 4.90 Å². The van der Waals surface area contributed by atoms with E-state index in [0.29, 0.717) is 0 Å². The van der Waals surface area contributed by atoms with Gasteiger partial charge in [-0.1, -0.05) is 11.6 Å². The number of nitrogens with one attached hydrogen (secondary N) is 1. The lowest BCUT2D eigenvalue weighted by Crippen LogP contribution is -2.36. The van der Waals surface area contributed by atoms with E-state index < -0.39 is 31.6 Å². The topological polar surface area (TPSA) is 120 Å². The van der Waals surface area contributed by atoms with Crippen LogP contribution in [0.3, 0.4) is 0 Å². The minimum atomic E-state index is -4.10. The molecule has 0 saturated heterocycles. The maximum atomic E-state index is 12.3. The molecule has 0 saturated carbocycles. The number of nitro benzene ring substituents is 1. The molecule has 0 spiro atoms. The first-order valence-corrected chi connectivity index (χ1v) is 7.94. The number of rotatable bonds is 6. The van der Waals surface area contributed by atoms with E-state index in [-0.39, 0.29) is 11.6 Å². The van der Waals surface area contributed by atoms with Crippen molar-refractivity contribution in [2.75, 3.05) is 0 Å². The third-order valence-electron chi connectivity index (χ3n) is 2.69. The summed E-state index contributed by atoms with van der Waals surface area (Å²) in [6.45, 7) is 1.84. The Kier molecular flexibility index (Phi) is 4.74. The number of aromatic nitrogens is 3. The Bertz CT molecular complexity index is 778. The number of nitrogens with zero attached hydrogens (tertiary/aromatic N) is 4. The first kappa shape index (κ1) is 16.3. The van der Waals surface area contributed by atoms with Crippen molar-refractivity contribution in [3.63, 3.8) is 0 Å². The predicted octanol–water partition coefficient (Wildman–Crippen LogP) is 1.21. The van der Waals surface area contributed by atoms with E-state index in [2.05, 4.69) is 14.8 Å². The Morgan fingerprint density at radius 2 is 2.23 bits per heavy atom. The standard InChI is InChI=1S/C11H12ClN5O4S/c1-8(5-16-7-13-6-14-16)15-22(20,21)11-4-9(12)2-3-10(11)17(18)19/h2-4,6-8,15H,5H2,1H3/t8-/m0/s1. The molecule has 0 unspecified atom stereocenters. The molecule has 0 fully saturated rings. The van der Waals surface area contributed by atoms with Crippen molar-refractivity contribution >= 4 is 27.3 Å². The highest BCUT2D eigenvalue weighted by Gasteiger charge is 2.27. The van der Waals surface area contributed by atoms with Gasteiger partial charge in [-0.2, -0.15) is 5.10 Å². The summed E-state index contributed by atoms with van der Waals surface area (Å²) in [7, 11) is -4.10. The van der Waals surface area contributed by atoms with Gasteiger partial charge in [0.25, 0.3) is 5.69 Å². The molecule has 0 bridgehead atoms. The first-order chi connectivity index (χ1) is 10.3. The molecule has 1 heterocycles. The molecule has 0 amide bonds. The average Bonchev–Trinajstić information content (AvgIpc) is 2.90. The summed E-state index contributed by atoms with van der Waals surface area (Å²) in [6.07, 6.45) is 2.76. The monoisotopic (exact) mass is 345 g/mol. The fraction of sp³-hybridized carbons (Fsp3) is 0.273. The number of nitro groups is 1. The van der Waals surface area contributed by atoms with Gasteiger partial charge in [-0.15, -0.1) is 0 Å². The van der Waals surface area contributed by atoms with E-state index >= 15 is 0 Å². The molecule has 1 aromatic heterocycles. The van der Waals surface area contributed by atoms with E-state index in [1.54, 1.807) is 6.92 Å². The highest BCUT2D eigenvalue weighted by molar-refractivity contribution is 7.89. The summed E-state index contributed by atoms with van der Waals surface area (Å²) in [6, 6.07) is 2.81. The second-order valence-corrected chi connectivity index (χ2v) is 6.63. The van der Waals surface area contributed by atoms with Gasteiger partial charge < -0.3 is 0 Å². The lowest BCUT2D eigenvalue weighted by molar-refractivity contribution is -0.387. The van der Waals surface area contributed by atoms with E-state index in [1.807, 2.05) is 0 Å². The number of hydrogen-bond donors (Lipinski definition) is 1. The fourth-order valence-corrected chi connectivity index (χ4v) is 3.50. The van der Waals surface area contributed by atoms with Crippen LogP contribution in [0.1, 0.15) is 6.92 Å². The van der Waals surface area contributed by atoms with E-state index in [1.165, 1.54) is 23.4 Å². The van der Waals surface area contributed by atoms with Crippen molar-refractivity contribution in [2.45, 2.75) is 24.4 Å². The molecule has 2 aromatic rings. The van der Waals surface area contributed by atoms with Gasteiger partial charge in [-0.05, 0) is 19.1 Å². The Labute approximate surface area is 131 Å². The quantitative estimate of drug-likeness (QED) is 0.620. The zero-order valence-corrected chi connectivity index (χ0v) is 13.0. The smallest absolute Gasteiger partial charge is 0.258 e. The lowest BCUT2D eigenvalue weighted by Gasteiger charge is -2.14. The van der Waals surface area contributed by atoms with Crippen LogP contribution in [0.15, 0.2) is 35.7 Å². The van der Waals surface area contributed by atoms with Gasteiger partial charge in [-0.3, -0.25) is 14.8 Å². The van der Waals surface area contributed by atoms with Crippen molar-refractivity contribution in [3.05, 3.63) is 46.0 Å². The van der Waals surface area contributed by atoms with E-state index in [0.717, 1.165) is 12.1 Å². The summed E-state index contributed by atoms with van der Waals surface area (Å²) in [5.74, 6) is 0. The van der Waals surface area contributed by atoms with Gasteiger partial charge in [0.2, 0.25) is 10.0 Å². The Hall–Kier alpha value is -2.04. The lowest BCUT2D eigenvalue weighted by atomic mass is 10.3. The van der Waals surface area contributed by atoms with Crippen LogP contribution in [0, 0.1) is 10.1 Å². The number of halogens is 1. The van der Waals surface area contributed by atoms with Crippen LogP contribution < -0.4 is 4.72 Å². The Morgan fingerprint density at radius 1 is 1.50 bits per heavy atom. The van der Waals surface area contributed by atoms with Gasteiger partial charge in [-0.25, -0.2) is 18.1 Å². The summed E-state index contributed by atoms with van der Waals surface area (Å²) in [4.78, 5) is 13.5. The molecule has 11 heteroatoms. The minimum Gasteiger partial charge on any atom is -0.258 e. The van der Waals surface area contributed by atoms with E-state index in [9.17, 15) is 18.5 Å². The first-order valence-electron chi connectivity index (χ1n) is 6.08. The number of benzene rings is 1. The second kappa shape index (κ2) is 6.38. The molecule has 0 radical (unpaired) electrons.